The molecule has 0 saturated carbocycles. The average Bonchev–Trinajstić information content (AvgIpc) is 2.61. The maximum atomic E-state index is 11.3. The molecule has 0 aliphatic carbocycles. The Hall–Kier alpha value is -0.390. The standard InChI is InChI=1S/C10H14BrNO2S/c1-10(9(13)14,3-4-12-2)8-5-7(11)6-15-8/h5-6,12H,3-4H2,1-2H3,(H,13,14). The summed E-state index contributed by atoms with van der Waals surface area (Å²) >= 11 is 4.82. The molecule has 1 aromatic rings. The Labute approximate surface area is 102 Å². The Kier molecular flexibility index (Phi) is 4.31. The van der Waals surface area contributed by atoms with E-state index < -0.39 is 11.4 Å². The molecule has 0 aromatic carbocycles. The molecule has 0 amide bonds. The first-order valence-corrected chi connectivity index (χ1v) is 6.30. The molecular formula is C10H14BrNO2S. The predicted molar refractivity (Wildman–Crippen MR) is 65.6 cm³/mol. The maximum absolute atomic E-state index is 11.3. The highest BCUT2D eigenvalue weighted by atomic mass is 79.9. The number of halogens is 1. The summed E-state index contributed by atoms with van der Waals surface area (Å²) in [5, 5.41) is 14.2. The smallest absolute Gasteiger partial charge is 0.314 e. The molecule has 0 aliphatic heterocycles. The van der Waals surface area contributed by atoms with Gasteiger partial charge in [0.25, 0.3) is 0 Å². The lowest BCUT2D eigenvalue weighted by molar-refractivity contribution is -0.143. The highest BCUT2D eigenvalue weighted by molar-refractivity contribution is 9.10. The van der Waals surface area contributed by atoms with Crippen LogP contribution in [0.5, 0.6) is 0 Å². The number of thiophene rings is 1. The molecule has 84 valence electrons. The van der Waals surface area contributed by atoms with Crippen molar-refractivity contribution in [1.29, 1.82) is 0 Å². The van der Waals surface area contributed by atoms with Gasteiger partial charge in [0.15, 0.2) is 0 Å². The number of carbonyl (C=O) groups is 1. The van der Waals surface area contributed by atoms with Crippen LogP contribution in [-0.4, -0.2) is 24.7 Å². The lowest BCUT2D eigenvalue weighted by Crippen LogP contribution is -2.34. The highest BCUT2D eigenvalue weighted by Gasteiger charge is 2.35. The minimum atomic E-state index is -0.792. The first-order valence-electron chi connectivity index (χ1n) is 4.63. The van der Waals surface area contributed by atoms with Crippen molar-refractivity contribution in [3.05, 3.63) is 20.8 Å². The summed E-state index contributed by atoms with van der Waals surface area (Å²) in [5.74, 6) is -0.771. The van der Waals surface area contributed by atoms with E-state index in [2.05, 4.69) is 21.2 Å². The fourth-order valence-corrected chi connectivity index (χ4v) is 2.93. The van der Waals surface area contributed by atoms with Gasteiger partial charge in [-0.2, -0.15) is 0 Å². The Balaban J connectivity index is 2.95. The van der Waals surface area contributed by atoms with E-state index in [-0.39, 0.29) is 0 Å². The van der Waals surface area contributed by atoms with Crippen LogP contribution >= 0.6 is 27.3 Å². The molecular weight excluding hydrogens is 278 g/mol. The van der Waals surface area contributed by atoms with Gasteiger partial charge in [-0.25, -0.2) is 0 Å². The van der Waals surface area contributed by atoms with Crippen molar-refractivity contribution in [1.82, 2.24) is 5.32 Å². The molecule has 1 atom stereocenters. The van der Waals surface area contributed by atoms with Crippen molar-refractivity contribution in [3.63, 3.8) is 0 Å². The molecule has 0 saturated heterocycles. The number of carboxylic acid groups (broad SMARTS) is 1. The number of aliphatic carboxylic acids is 1. The summed E-state index contributed by atoms with van der Waals surface area (Å²) in [5.41, 5.74) is -0.792. The minimum Gasteiger partial charge on any atom is -0.481 e. The van der Waals surface area contributed by atoms with Crippen LogP contribution in [0, 0.1) is 0 Å². The van der Waals surface area contributed by atoms with Crippen molar-refractivity contribution in [2.24, 2.45) is 0 Å². The van der Waals surface area contributed by atoms with E-state index in [1.807, 2.05) is 18.5 Å². The van der Waals surface area contributed by atoms with E-state index in [0.717, 1.165) is 9.35 Å². The maximum Gasteiger partial charge on any atom is 0.314 e. The van der Waals surface area contributed by atoms with Crippen LogP contribution in [-0.2, 0) is 10.2 Å². The van der Waals surface area contributed by atoms with Gasteiger partial charge in [-0.3, -0.25) is 4.79 Å². The number of hydrogen-bond donors (Lipinski definition) is 2. The van der Waals surface area contributed by atoms with E-state index in [1.54, 1.807) is 6.92 Å². The van der Waals surface area contributed by atoms with Crippen molar-refractivity contribution in [2.45, 2.75) is 18.8 Å². The van der Waals surface area contributed by atoms with E-state index in [9.17, 15) is 9.90 Å². The van der Waals surface area contributed by atoms with Crippen molar-refractivity contribution in [2.75, 3.05) is 13.6 Å². The van der Waals surface area contributed by atoms with Gasteiger partial charge >= 0.3 is 5.97 Å². The van der Waals surface area contributed by atoms with Crippen molar-refractivity contribution in [3.8, 4) is 0 Å². The quantitative estimate of drug-likeness (QED) is 0.876. The van der Waals surface area contributed by atoms with Crippen LogP contribution < -0.4 is 5.32 Å². The molecule has 3 nitrogen and oxygen atoms in total. The number of carboxylic acids is 1. The average molecular weight is 292 g/mol. The van der Waals surface area contributed by atoms with Gasteiger partial charge < -0.3 is 10.4 Å². The molecule has 0 bridgehead atoms. The Bertz CT molecular complexity index is 353. The molecule has 2 N–H and O–H groups in total. The summed E-state index contributed by atoms with van der Waals surface area (Å²) in [6.45, 7) is 2.46. The number of rotatable bonds is 5. The third kappa shape index (κ3) is 2.80. The van der Waals surface area contributed by atoms with Gasteiger partial charge in [0.2, 0.25) is 0 Å². The molecule has 1 aromatic heterocycles. The van der Waals surface area contributed by atoms with Gasteiger partial charge in [0.05, 0.1) is 0 Å². The van der Waals surface area contributed by atoms with Crippen LogP contribution in [0.2, 0.25) is 0 Å². The third-order valence-electron chi connectivity index (χ3n) is 2.46. The van der Waals surface area contributed by atoms with E-state index in [1.165, 1.54) is 11.3 Å². The topological polar surface area (TPSA) is 49.3 Å². The summed E-state index contributed by atoms with van der Waals surface area (Å²) in [4.78, 5) is 12.2. The first-order chi connectivity index (χ1) is 7.00. The van der Waals surface area contributed by atoms with Gasteiger partial charge in [0.1, 0.15) is 5.41 Å². The molecule has 15 heavy (non-hydrogen) atoms. The van der Waals surface area contributed by atoms with Crippen LogP contribution in [0.4, 0.5) is 0 Å². The fourth-order valence-electron chi connectivity index (χ4n) is 1.31. The third-order valence-corrected chi connectivity index (χ3v) is 4.41. The van der Waals surface area contributed by atoms with Gasteiger partial charge in [-0.05, 0) is 48.9 Å². The molecule has 0 aliphatic rings. The van der Waals surface area contributed by atoms with E-state index >= 15 is 0 Å². The molecule has 5 heteroatoms. The second-order valence-corrected chi connectivity index (χ2v) is 5.45. The molecule has 0 spiro atoms. The molecule has 1 unspecified atom stereocenters. The summed E-state index contributed by atoms with van der Waals surface area (Å²) < 4.78 is 0.944. The van der Waals surface area contributed by atoms with Crippen LogP contribution in [0.1, 0.15) is 18.2 Å². The highest BCUT2D eigenvalue weighted by Crippen LogP contribution is 2.34. The number of hydrogen-bond acceptors (Lipinski definition) is 3. The van der Waals surface area contributed by atoms with Gasteiger partial charge in [-0.15, -0.1) is 11.3 Å². The first kappa shape index (κ1) is 12.7. The van der Waals surface area contributed by atoms with E-state index in [4.69, 9.17) is 0 Å². The van der Waals surface area contributed by atoms with Crippen LogP contribution in [0.25, 0.3) is 0 Å². The largest absolute Gasteiger partial charge is 0.481 e. The van der Waals surface area contributed by atoms with Gasteiger partial charge in [-0.1, -0.05) is 0 Å². The SMILES string of the molecule is CNCCC(C)(C(=O)O)c1cc(Br)cs1. The summed E-state index contributed by atoms with van der Waals surface area (Å²) in [7, 11) is 1.83. The fraction of sp³-hybridized carbons (Fsp3) is 0.500. The lowest BCUT2D eigenvalue weighted by atomic mass is 9.85. The van der Waals surface area contributed by atoms with Crippen molar-refractivity contribution < 1.29 is 9.90 Å². The second kappa shape index (κ2) is 5.09. The van der Waals surface area contributed by atoms with Gasteiger partial charge in [0, 0.05) is 14.7 Å². The second-order valence-electron chi connectivity index (χ2n) is 3.62. The molecule has 1 heterocycles. The molecule has 0 fully saturated rings. The monoisotopic (exact) mass is 291 g/mol. The predicted octanol–water partition coefficient (Wildman–Crippen LogP) is 2.46. The number of nitrogens with one attached hydrogen (secondary N) is 1. The zero-order chi connectivity index (χ0) is 11.5. The minimum absolute atomic E-state index is 0.589. The Morgan fingerprint density at radius 3 is 2.80 bits per heavy atom. The Morgan fingerprint density at radius 2 is 2.40 bits per heavy atom. The molecule has 1 rings (SSSR count). The summed E-state index contributed by atoms with van der Waals surface area (Å²) in [6.07, 6.45) is 0.589. The van der Waals surface area contributed by atoms with E-state index in [0.29, 0.717) is 13.0 Å². The zero-order valence-electron chi connectivity index (χ0n) is 8.71. The van der Waals surface area contributed by atoms with Crippen LogP contribution in [0.15, 0.2) is 15.9 Å². The van der Waals surface area contributed by atoms with Crippen LogP contribution in [0.3, 0.4) is 0 Å². The zero-order valence-corrected chi connectivity index (χ0v) is 11.1. The normalized spacial score (nSPS) is 14.9. The Morgan fingerprint density at radius 1 is 1.73 bits per heavy atom. The lowest BCUT2D eigenvalue weighted by Gasteiger charge is -2.23. The molecule has 0 radical (unpaired) electrons. The summed E-state index contributed by atoms with van der Waals surface area (Å²) in [6, 6.07) is 1.88. The van der Waals surface area contributed by atoms with Crippen molar-refractivity contribution >= 4 is 33.2 Å².